The lowest BCUT2D eigenvalue weighted by atomic mass is 10.1. The van der Waals surface area contributed by atoms with Gasteiger partial charge in [0.05, 0.1) is 0 Å². The third-order valence-electron chi connectivity index (χ3n) is 4.21. The average Bonchev–Trinajstić information content (AvgIpc) is 2.77. The molecule has 0 radical (unpaired) electrons. The number of H-pyrrole nitrogens is 1. The molecule has 1 saturated heterocycles. The van der Waals surface area contributed by atoms with Gasteiger partial charge in [0.25, 0.3) is 5.91 Å². The van der Waals surface area contributed by atoms with Crippen LogP contribution in [0.3, 0.4) is 0 Å². The minimum absolute atomic E-state index is 0.125. The molecule has 2 heterocycles. The van der Waals surface area contributed by atoms with E-state index in [0.717, 1.165) is 48.8 Å². The molecular formula is C16H21N3O. The van der Waals surface area contributed by atoms with Crippen LogP contribution in [0, 0.1) is 0 Å². The molecule has 0 saturated carbocycles. The van der Waals surface area contributed by atoms with Gasteiger partial charge < -0.3 is 15.2 Å². The van der Waals surface area contributed by atoms with Crippen LogP contribution in [-0.2, 0) is 0 Å². The topological polar surface area (TPSA) is 48.1 Å². The van der Waals surface area contributed by atoms with Crippen LogP contribution in [0.1, 0.15) is 29.6 Å². The summed E-state index contributed by atoms with van der Waals surface area (Å²) in [5.74, 6) is 0.125. The Morgan fingerprint density at radius 1 is 1.25 bits per heavy atom. The number of amides is 1. The lowest BCUT2D eigenvalue weighted by Crippen LogP contribution is -2.37. The van der Waals surface area contributed by atoms with Gasteiger partial charge in [-0.2, -0.15) is 0 Å². The van der Waals surface area contributed by atoms with Gasteiger partial charge in [0, 0.05) is 35.8 Å². The van der Waals surface area contributed by atoms with Gasteiger partial charge in [0.15, 0.2) is 0 Å². The summed E-state index contributed by atoms with van der Waals surface area (Å²) in [6.07, 6.45) is 5.16. The van der Waals surface area contributed by atoms with Crippen molar-refractivity contribution >= 4 is 16.8 Å². The molecule has 0 spiro atoms. The van der Waals surface area contributed by atoms with E-state index in [4.69, 9.17) is 0 Å². The van der Waals surface area contributed by atoms with Crippen molar-refractivity contribution in [3.05, 3.63) is 36.0 Å². The van der Waals surface area contributed by atoms with Crippen molar-refractivity contribution in [3.63, 3.8) is 0 Å². The number of aromatic nitrogens is 1. The third kappa shape index (κ3) is 2.56. The fourth-order valence-electron chi connectivity index (χ4n) is 2.94. The van der Waals surface area contributed by atoms with Gasteiger partial charge in [-0.25, -0.2) is 0 Å². The number of fused-ring (bicyclic) bond motifs is 1. The molecule has 1 amide bonds. The molecule has 106 valence electrons. The number of carbonyl (C=O) groups excluding carboxylic acids is 1. The number of rotatable bonds is 2. The van der Waals surface area contributed by atoms with E-state index >= 15 is 0 Å². The van der Waals surface area contributed by atoms with E-state index in [1.807, 2.05) is 42.4 Å². The summed E-state index contributed by atoms with van der Waals surface area (Å²) in [6, 6.07) is 8.21. The van der Waals surface area contributed by atoms with Crippen LogP contribution in [0.15, 0.2) is 30.5 Å². The van der Waals surface area contributed by atoms with Crippen molar-refractivity contribution in [1.29, 1.82) is 0 Å². The molecule has 1 aromatic carbocycles. The van der Waals surface area contributed by atoms with Gasteiger partial charge in [-0.1, -0.05) is 0 Å². The van der Waals surface area contributed by atoms with E-state index in [1.165, 1.54) is 0 Å². The van der Waals surface area contributed by atoms with Crippen molar-refractivity contribution in [2.75, 3.05) is 20.1 Å². The van der Waals surface area contributed by atoms with E-state index in [2.05, 4.69) is 10.3 Å². The second kappa shape index (κ2) is 5.67. The molecule has 4 nitrogen and oxygen atoms in total. The van der Waals surface area contributed by atoms with Gasteiger partial charge in [-0.15, -0.1) is 0 Å². The highest BCUT2D eigenvalue weighted by molar-refractivity contribution is 5.98. The number of hydrogen-bond donors (Lipinski definition) is 2. The number of nitrogens with one attached hydrogen (secondary N) is 2. The number of nitrogens with zero attached hydrogens (tertiary/aromatic N) is 1. The first-order chi connectivity index (χ1) is 9.75. The number of aromatic amines is 1. The second-order valence-corrected chi connectivity index (χ2v) is 5.53. The molecule has 0 bridgehead atoms. The van der Waals surface area contributed by atoms with Crippen LogP contribution in [0.2, 0.25) is 0 Å². The van der Waals surface area contributed by atoms with Crippen LogP contribution < -0.4 is 5.32 Å². The maximum absolute atomic E-state index is 12.6. The summed E-state index contributed by atoms with van der Waals surface area (Å²) in [5, 5.41) is 4.48. The molecule has 4 heteroatoms. The highest BCUT2D eigenvalue weighted by atomic mass is 16.2. The first kappa shape index (κ1) is 13.2. The summed E-state index contributed by atoms with van der Waals surface area (Å²) in [7, 11) is 1.93. The van der Waals surface area contributed by atoms with E-state index in [-0.39, 0.29) is 5.91 Å². The van der Waals surface area contributed by atoms with Gasteiger partial charge in [-0.05, 0) is 56.6 Å². The summed E-state index contributed by atoms with van der Waals surface area (Å²) in [6.45, 7) is 2.06. The van der Waals surface area contributed by atoms with Crippen LogP contribution in [0.4, 0.5) is 0 Å². The lowest BCUT2D eigenvalue weighted by molar-refractivity contribution is 0.0720. The maximum Gasteiger partial charge on any atom is 0.253 e. The Bertz CT molecular complexity index is 597. The predicted octanol–water partition coefficient (Wildman–Crippen LogP) is 2.38. The smallest absolute Gasteiger partial charge is 0.253 e. The minimum Gasteiger partial charge on any atom is -0.361 e. The lowest BCUT2D eigenvalue weighted by Gasteiger charge is -2.27. The van der Waals surface area contributed by atoms with Crippen molar-refractivity contribution in [2.45, 2.75) is 25.3 Å². The largest absolute Gasteiger partial charge is 0.361 e. The standard InChI is InChI=1S/C16H21N3O/c1-19(14-3-2-8-17-9-7-14)16(20)13-4-5-15-12(11-13)6-10-18-15/h4-6,10-11,14,17-18H,2-3,7-9H2,1H3. The summed E-state index contributed by atoms with van der Waals surface area (Å²) in [4.78, 5) is 17.7. The highest BCUT2D eigenvalue weighted by Gasteiger charge is 2.22. The molecule has 1 atom stereocenters. The Kier molecular flexibility index (Phi) is 3.74. The number of hydrogen-bond acceptors (Lipinski definition) is 2. The first-order valence-corrected chi connectivity index (χ1v) is 7.31. The molecule has 1 aliphatic heterocycles. The maximum atomic E-state index is 12.6. The quantitative estimate of drug-likeness (QED) is 0.881. The number of carbonyl (C=O) groups is 1. The molecule has 1 aliphatic rings. The van der Waals surface area contributed by atoms with Crippen molar-refractivity contribution in [1.82, 2.24) is 15.2 Å². The third-order valence-corrected chi connectivity index (χ3v) is 4.21. The summed E-state index contributed by atoms with van der Waals surface area (Å²) in [5.41, 5.74) is 1.85. The van der Waals surface area contributed by atoms with Gasteiger partial charge in [0.1, 0.15) is 0 Å². The van der Waals surface area contributed by atoms with E-state index in [0.29, 0.717) is 6.04 Å². The van der Waals surface area contributed by atoms with Crippen LogP contribution in [0.5, 0.6) is 0 Å². The van der Waals surface area contributed by atoms with Gasteiger partial charge in [0.2, 0.25) is 0 Å². The fraction of sp³-hybridized carbons (Fsp3) is 0.438. The van der Waals surface area contributed by atoms with Crippen molar-refractivity contribution in [2.24, 2.45) is 0 Å². The van der Waals surface area contributed by atoms with E-state index < -0.39 is 0 Å². The Balaban J connectivity index is 1.79. The highest BCUT2D eigenvalue weighted by Crippen LogP contribution is 2.18. The predicted molar refractivity (Wildman–Crippen MR) is 80.9 cm³/mol. The van der Waals surface area contributed by atoms with Gasteiger partial charge >= 0.3 is 0 Å². The number of benzene rings is 1. The molecule has 0 aliphatic carbocycles. The summed E-state index contributed by atoms with van der Waals surface area (Å²) >= 11 is 0. The molecule has 1 unspecified atom stereocenters. The minimum atomic E-state index is 0.125. The van der Waals surface area contributed by atoms with Gasteiger partial charge in [-0.3, -0.25) is 4.79 Å². The molecule has 1 fully saturated rings. The Morgan fingerprint density at radius 3 is 3.05 bits per heavy atom. The molecule has 1 aromatic heterocycles. The Morgan fingerprint density at radius 2 is 2.15 bits per heavy atom. The van der Waals surface area contributed by atoms with Crippen LogP contribution >= 0.6 is 0 Å². The molecule has 20 heavy (non-hydrogen) atoms. The molecule has 3 rings (SSSR count). The fourth-order valence-corrected chi connectivity index (χ4v) is 2.94. The zero-order chi connectivity index (χ0) is 13.9. The zero-order valence-electron chi connectivity index (χ0n) is 11.9. The Hall–Kier alpha value is -1.81. The Labute approximate surface area is 119 Å². The normalized spacial score (nSPS) is 19.8. The van der Waals surface area contributed by atoms with E-state index in [9.17, 15) is 4.79 Å². The summed E-state index contributed by atoms with van der Waals surface area (Å²) < 4.78 is 0. The monoisotopic (exact) mass is 271 g/mol. The van der Waals surface area contributed by atoms with E-state index in [1.54, 1.807) is 0 Å². The second-order valence-electron chi connectivity index (χ2n) is 5.53. The van der Waals surface area contributed by atoms with Crippen LogP contribution in [0.25, 0.3) is 10.9 Å². The average molecular weight is 271 g/mol. The molecule has 2 N–H and O–H groups in total. The zero-order valence-corrected chi connectivity index (χ0v) is 11.9. The first-order valence-electron chi connectivity index (χ1n) is 7.31. The van der Waals surface area contributed by atoms with Crippen molar-refractivity contribution in [3.8, 4) is 0 Å². The van der Waals surface area contributed by atoms with Crippen molar-refractivity contribution < 1.29 is 4.79 Å². The molecular weight excluding hydrogens is 250 g/mol. The molecule has 2 aromatic rings. The SMILES string of the molecule is CN(C(=O)c1ccc2[nH]ccc2c1)C1CCCNCC1. The van der Waals surface area contributed by atoms with Crippen LogP contribution in [-0.4, -0.2) is 42.0 Å².